The van der Waals surface area contributed by atoms with E-state index in [-0.39, 0.29) is 0 Å². The van der Waals surface area contributed by atoms with E-state index >= 15 is 0 Å². The zero-order valence-electron chi connectivity index (χ0n) is 11.7. The molecule has 0 aliphatic heterocycles. The van der Waals surface area contributed by atoms with E-state index in [4.69, 9.17) is 4.74 Å². The summed E-state index contributed by atoms with van der Waals surface area (Å²) in [5, 5.41) is 0. The standard InChI is InChI=1S/C15H22BrNO/c1-10-5-12(8-15(3,4)7-10)18-14-6-11(2)13(16)9-17-14/h6,9-10,12H,5,7-8H2,1-4H3. The minimum atomic E-state index is 0.303. The number of rotatable bonds is 2. The molecule has 1 aliphatic rings. The molecule has 0 radical (unpaired) electrons. The molecule has 1 fully saturated rings. The predicted molar refractivity (Wildman–Crippen MR) is 77.9 cm³/mol. The molecule has 18 heavy (non-hydrogen) atoms. The van der Waals surface area contributed by atoms with Crippen LogP contribution in [0.4, 0.5) is 0 Å². The fourth-order valence-corrected chi connectivity index (χ4v) is 3.31. The quantitative estimate of drug-likeness (QED) is 0.786. The van der Waals surface area contributed by atoms with Crippen molar-refractivity contribution < 1.29 is 4.74 Å². The number of aromatic nitrogens is 1. The van der Waals surface area contributed by atoms with E-state index in [0.717, 1.165) is 29.1 Å². The number of aryl methyl sites for hydroxylation is 1. The molecular formula is C15H22BrNO. The Balaban J connectivity index is 2.06. The average Bonchev–Trinajstić information content (AvgIpc) is 2.20. The van der Waals surface area contributed by atoms with Gasteiger partial charge in [0.25, 0.3) is 0 Å². The molecular weight excluding hydrogens is 290 g/mol. The Morgan fingerprint density at radius 1 is 1.39 bits per heavy atom. The number of pyridine rings is 1. The van der Waals surface area contributed by atoms with E-state index in [0.29, 0.717) is 11.5 Å². The third-order valence-electron chi connectivity index (χ3n) is 3.66. The van der Waals surface area contributed by atoms with Gasteiger partial charge in [0.2, 0.25) is 5.88 Å². The topological polar surface area (TPSA) is 22.1 Å². The monoisotopic (exact) mass is 311 g/mol. The maximum Gasteiger partial charge on any atom is 0.213 e. The Morgan fingerprint density at radius 2 is 2.11 bits per heavy atom. The first kappa shape index (κ1) is 13.9. The molecule has 2 rings (SSSR count). The first-order valence-electron chi connectivity index (χ1n) is 6.64. The highest BCUT2D eigenvalue weighted by molar-refractivity contribution is 9.10. The number of halogens is 1. The maximum absolute atomic E-state index is 6.07. The predicted octanol–water partition coefficient (Wildman–Crippen LogP) is 4.75. The van der Waals surface area contributed by atoms with Crippen LogP contribution in [0.15, 0.2) is 16.7 Å². The lowest BCUT2D eigenvalue weighted by Gasteiger charge is -2.38. The summed E-state index contributed by atoms with van der Waals surface area (Å²) in [6.45, 7) is 9.04. The molecule has 0 aromatic carbocycles. The lowest BCUT2D eigenvalue weighted by atomic mass is 9.71. The highest BCUT2D eigenvalue weighted by Gasteiger charge is 2.33. The summed E-state index contributed by atoms with van der Waals surface area (Å²) in [5.41, 5.74) is 1.55. The van der Waals surface area contributed by atoms with Crippen molar-refractivity contribution >= 4 is 15.9 Å². The van der Waals surface area contributed by atoms with E-state index in [9.17, 15) is 0 Å². The molecule has 1 aromatic rings. The summed E-state index contributed by atoms with van der Waals surface area (Å²) in [7, 11) is 0. The first-order chi connectivity index (χ1) is 8.35. The van der Waals surface area contributed by atoms with E-state index < -0.39 is 0 Å². The van der Waals surface area contributed by atoms with Gasteiger partial charge in [-0.2, -0.15) is 0 Å². The van der Waals surface area contributed by atoms with Crippen molar-refractivity contribution in [1.29, 1.82) is 0 Å². The maximum atomic E-state index is 6.07. The van der Waals surface area contributed by atoms with Crippen molar-refractivity contribution in [3.63, 3.8) is 0 Å². The largest absolute Gasteiger partial charge is 0.474 e. The summed E-state index contributed by atoms with van der Waals surface area (Å²) in [6.07, 6.45) is 5.67. The van der Waals surface area contributed by atoms with Crippen LogP contribution in [0.2, 0.25) is 0 Å². The van der Waals surface area contributed by atoms with Crippen molar-refractivity contribution in [3.05, 3.63) is 22.3 Å². The second-order valence-corrected chi connectivity index (χ2v) is 7.28. The highest BCUT2D eigenvalue weighted by Crippen LogP contribution is 2.39. The highest BCUT2D eigenvalue weighted by atomic mass is 79.9. The fraction of sp³-hybridized carbons (Fsp3) is 0.667. The zero-order valence-corrected chi connectivity index (χ0v) is 13.3. The molecule has 2 atom stereocenters. The summed E-state index contributed by atoms with van der Waals surface area (Å²) in [6, 6.07) is 2.01. The Morgan fingerprint density at radius 3 is 2.72 bits per heavy atom. The van der Waals surface area contributed by atoms with Crippen LogP contribution in [0.25, 0.3) is 0 Å². The number of hydrogen-bond donors (Lipinski definition) is 0. The molecule has 1 aliphatic carbocycles. The lowest BCUT2D eigenvalue weighted by molar-refractivity contribution is 0.0532. The third kappa shape index (κ3) is 3.47. The molecule has 1 heterocycles. The molecule has 0 amide bonds. The molecule has 0 bridgehead atoms. The van der Waals surface area contributed by atoms with Crippen LogP contribution in [0.5, 0.6) is 5.88 Å². The van der Waals surface area contributed by atoms with Gasteiger partial charge in [-0.25, -0.2) is 4.98 Å². The van der Waals surface area contributed by atoms with Crippen molar-refractivity contribution in [2.24, 2.45) is 11.3 Å². The van der Waals surface area contributed by atoms with Crippen molar-refractivity contribution in [2.45, 2.75) is 53.1 Å². The van der Waals surface area contributed by atoms with Gasteiger partial charge in [-0.1, -0.05) is 20.8 Å². The smallest absolute Gasteiger partial charge is 0.213 e. The van der Waals surface area contributed by atoms with Crippen LogP contribution in [-0.4, -0.2) is 11.1 Å². The summed E-state index contributed by atoms with van der Waals surface area (Å²) in [4.78, 5) is 4.34. The zero-order chi connectivity index (χ0) is 13.3. The number of hydrogen-bond acceptors (Lipinski definition) is 2. The molecule has 2 unspecified atom stereocenters. The van der Waals surface area contributed by atoms with Gasteiger partial charge in [-0.15, -0.1) is 0 Å². The van der Waals surface area contributed by atoms with Crippen LogP contribution >= 0.6 is 15.9 Å². The van der Waals surface area contributed by atoms with E-state index in [1.165, 1.54) is 12.0 Å². The lowest BCUT2D eigenvalue weighted by Crippen LogP contribution is -2.34. The van der Waals surface area contributed by atoms with Crippen LogP contribution < -0.4 is 4.74 Å². The van der Waals surface area contributed by atoms with E-state index in [1.54, 1.807) is 0 Å². The van der Waals surface area contributed by atoms with Crippen LogP contribution in [0, 0.1) is 18.3 Å². The number of nitrogens with zero attached hydrogens (tertiary/aromatic N) is 1. The molecule has 0 spiro atoms. The summed E-state index contributed by atoms with van der Waals surface area (Å²) in [5.74, 6) is 1.49. The number of ether oxygens (including phenoxy) is 1. The third-order valence-corrected chi connectivity index (χ3v) is 4.49. The van der Waals surface area contributed by atoms with Crippen molar-refractivity contribution in [1.82, 2.24) is 4.98 Å². The Bertz CT molecular complexity index is 431. The van der Waals surface area contributed by atoms with Crippen molar-refractivity contribution in [3.8, 4) is 5.88 Å². The van der Waals surface area contributed by atoms with Gasteiger partial charge in [-0.3, -0.25) is 0 Å². The summed E-state index contributed by atoms with van der Waals surface area (Å²) >= 11 is 3.46. The first-order valence-corrected chi connectivity index (χ1v) is 7.44. The van der Waals surface area contributed by atoms with Gasteiger partial charge in [0.1, 0.15) is 6.10 Å². The Hall–Kier alpha value is -0.570. The van der Waals surface area contributed by atoms with Crippen molar-refractivity contribution in [2.75, 3.05) is 0 Å². The molecule has 1 aromatic heterocycles. The van der Waals surface area contributed by atoms with Gasteiger partial charge in [-0.05, 0) is 59.0 Å². The molecule has 1 saturated carbocycles. The van der Waals surface area contributed by atoms with Gasteiger partial charge in [0.15, 0.2) is 0 Å². The molecule has 3 heteroatoms. The van der Waals surface area contributed by atoms with Gasteiger partial charge >= 0.3 is 0 Å². The van der Waals surface area contributed by atoms with Gasteiger partial charge in [0.05, 0.1) is 0 Å². The fourth-order valence-electron chi connectivity index (χ4n) is 3.10. The minimum absolute atomic E-state index is 0.303. The molecule has 0 N–H and O–H groups in total. The Kier molecular flexibility index (Phi) is 4.00. The second-order valence-electron chi connectivity index (χ2n) is 6.42. The van der Waals surface area contributed by atoms with Crippen LogP contribution in [0.3, 0.4) is 0 Å². The molecule has 0 saturated heterocycles. The Labute approximate surface area is 118 Å². The van der Waals surface area contributed by atoms with Crippen LogP contribution in [-0.2, 0) is 0 Å². The van der Waals surface area contributed by atoms with Crippen LogP contribution in [0.1, 0.15) is 45.6 Å². The van der Waals surface area contributed by atoms with E-state index in [2.05, 4.69) is 48.6 Å². The molecule has 2 nitrogen and oxygen atoms in total. The van der Waals surface area contributed by atoms with Gasteiger partial charge < -0.3 is 4.74 Å². The van der Waals surface area contributed by atoms with Gasteiger partial charge in [0, 0.05) is 16.7 Å². The second kappa shape index (κ2) is 5.20. The molecule has 100 valence electrons. The summed E-state index contributed by atoms with van der Waals surface area (Å²) < 4.78 is 7.10. The normalized spacial score (nSPS) is 26.9. The SMILES string of the molecule is Cc1cc(OC2CC(C)CC(C)(C)C2)ncc1Br. The van der Waals surface area contributed by atoms with E-state index in [1.807, 2.05) is 12.3 Å². The minimum Gasteiger partial charge on any atom is -0.474 e. The average molecular weight is 312 g/mol.